The van der Waals surface area contributed by atoms with E-state index in [1.807, 2.05) is 10.6 Å². The van der Waals surface area contributed by atoms with Gasteiger partial charge in [0.2, 0.25) is 5.95 Å². The molecule has 0 amide bonds. The van der Waals surface area contributed by atoms with Crippen LogP contribution in [0, 0.1) is 26.9 Å². The number of benzene rings is 2. The third-order valence-corrected chi connectivity index (χ3v) is 6.85. The minimum absolute atomic E-state index is 0.224. The van der Waals surface area contributed by atoms with Gasteiger partial charge in [-0.25, -0.2) is 23.1 Å². The average molecular weight is 578 g/mol. The molecule has 1 fully saturated rings. The van der Waals surface area contributed by atoms with E-state index < -0.39 is 11.6 Å². The minimum Gasteiger partial charge on any atom is -0.350 e. The summed E-state index contributed by atoms with van der Waals surface area (Å²) in [5.74, 6) is -0.917. The number of hydrogen-bond donors (Lipinski definition) is 2. The van der Waals surface area contributed by atoms with E-state index in [1.165, 1.54) is 12.1 Å². The molecule has 1 aliphatic rings. The van der Waals surface area contributed by atoms with Crippen molar-refractivity contribution in [2.75, 3.05) is 18.4 Å². The van der Waals surface area contributed by atoms with Crippen molar-refractivity contribution in [3.05, 3.63) is 69.2 Å². The fourth-order valence-electron chi connectivity index (χ4n) is 4.25. The van der Waals surface area contributed by atoms with Gasteiger partial charge in [-0.15, -0.1) is 0 Å². The van der Waals surface area contributed by atoms with Gasteiger partial charge in [0, 0.05) is 16.7 Å². The molecule has 1 atom stereocenters. The number of nitrogens with zero attached hydrogens (tertiary/aromatic N) is 4. The molecule has 176 valence electrons. The van der Waals surface area contributed by atoms with Crippen LogP contribution in [0.2, 0.25) is 0 Å². The summed E-state index contributed by atoms with van der Waals surface area (Å²) in [5, 5.41) is 6.49. The van der Waals surface area contributed by atoms with E-state index in [1.54, 1.807) is 12.3 Å². The number of rotatable bonds is 6. The number of anilines is 1. The fourth-order valence-corrected chi connectivity index (χ4v) is 4.95. The summed E-state index contributed by atoms with van der Waals surface area (Å²) in [6, 6.07) is 8.70. The molecule has 6 nitrogen and oxygen atoms in total. The molecule has 10 heteroatoms. The van der Waals surface area contributed by atoms with E-state index in [9.17, 15) is 13.2 Å². The van der Waals surface area contributed by atoms with E-state index in [0.717, 1.165) is 41.6 Å². The molecular formula is C24H22F3IN6. The summed E-state index contributed by atoms with van der Waals surface area (Å²) in [6.07, 6.45) is 3.75. The van der Waals surface area contributed by atoms with Gasteiger partial charge in [0.15, 0.2) is 17.3 Å². The predicted octanol–water partition coefficient (Wildman–Crippen LogP) is 5.13. The Morgan fingerprint density at radius 3 is 2.74 bits per heavy atom. The van der Waals surface area contributed by atoms with Crippen LogP contribution in [0.5, 0.6) is 0 Å². The SMILES string of the molecule is Fc1ccc(CNc2ncc3nc(-c4c(F)cccc4I)n(C[C@@H]4CCCNC4)c3n2)cc1F. The van der Waals surface area contributed by atoms with Crippen LogP contribution in [0.3, 0.4) is 0 Å². The maximum atomic E-state index is 14.9. The first-order chi connectivity index (χ1) is 16.5. The molecular weight excluding hydrogens is 556 g/mol. The Hall–Kier alpha value is -2.73. The third kappa shape index (κ3) is 4.74. The van der Waals surface area contributed by atoms with Gasteiger partial charge in [-0.2, -0.15) is 4.98 Å². The largest absolute Gasteiger partial charge is 0.350 e. The van der Waals surface area contributed by atoms with Crippen molar-refractivity contribution in [3.8, 4) is 11.4 Å². The lowest BCUT2D eigenvalue weighted by atomic mass is 9.99. The summed E-state index contributed by atoms with van der Waals surface area (Å²) in [6.45, 7) is 2.74. The van der Waals surface area contributed by atoms with Gasteiger partial charge in [-0.3, -0.25) is 0 Å². The van der Waals surface area contributed by atoms with Crippen molar-refractivity contribution in [2.24, 2.45) is 5.92 Å². The minimum atomic E-state index is -0.904. The van der Waals surface area contributed by atoms with Gasteiger partial charge in [-0.05, 0) is 84.3 Å². The molecule has 0 saturated carbocycles. The second-order valence-electron chi connectivity index (χ2n) is 8.36. The monoisotopic (exact) mass is 578 g/mol. The number of nitrogens with one attached hydrogen (secondary N) is 2. The Morgan fingerprint density at radius 2 is 1.97 bits per heavy atom. The summed E-state index contributed by atoms with van der Waals surface area (Å²) < 4.78 is 44.4. The summed E-state index contributed by atoms with van der Waals surface area (Å²) >= 11 is 2.12. The van der Waals surface area contributed by atoms with Crippen LogP contribution in [-0.2, 0) is 13.1 Å². The molecule has 4 aromatic rings. The van der Waals surface area contributed by atoms with E-state index in [2.05, 4.69) is 43.2 Å². The van der Waals surface area contributed by atoms with E-state index in [-0.39, 0.29) is 12.4 Å². The fraction of sp³-hybridized carbons (Fsp3) is 0.292. The second kappa shape index (κ2) is 9.87. The molecule has 34 heavy (non-hydrogen) atoms. The van der Waals surface area contributed by atoms with Crippen molar-refractivity contribution in [2.45, 2.75) is 25.9 Å². The first-order valence-electron chi connectivity index (χ1n) is 11.1. The van der Waals surface area contributed by atoms with Gasteiger partial charge in [-0.1, -0.05) is 12.1 Å². The molecule has 1 aliphatic heterocycles. The quantitative estimate of drug-likeness (QED) is 0.311. The van der Waals surface area contributed by atoms with Crippen molar-refractivity contribution in [1.29, 1.82) is 0 Å². The van der Waals surface area contributed by atoms with Crippen LogP contribution in [0.25, 0.3) is 22.6 Å². The number of aromatic nitrogens is 4. The van der Waals surface area contributed by atoms with Crippen molar-refractivity contribution < 1.29 is 13.2 Å². The number of piperidine rings is 1. The topological polar surface area (TPSA) is 67.7 Å². The molecule has 2 aromatic carbocycles. The molecule has 0 bridgehead atoms. The van der Waals surface area contributed by atoms with Gasteiger partial charge in [0.25, 0.3) is 0 Å². The van der Waals surface area contributed by atoms with Crippen molar-refractivity contribution in [3.63, 3.8) is 0 Å². The third-order valence-electron chi connectivity index (χ3n) is 5.95. The zero-order valence-corrected chi connectivity index (χ0v) is 20.3. The van der Waals surface area contributed by atoms with Crippen LogP contribution < -0.4 is 10.6 Å². The van der Waals surface area contributed by atoms with Gasteiger partial charge < -0.3 is 15.2 Å². The molecule has 0 aliphatic carbocycles. The second-order valence-corrected chi connectivity index (χ2v) is 9.52. The highest BCUT2D eigenvalue weighted by Crippen LogP contribution is 2.31. The highest BCUT2D eigenvalue weighted by atomic mass is 127. The van der Waals surface area contributed by atoms with Gasteiger partial charge in [0.05, 0.1) is 11.8 Å². The van der Waals surface area contributed by atoms with E-state index >= 15 is 0 Å². The van der Waals surface area contributed by atoms with Crippen molar-refractivity contribution in [1.82, 2.24) is 24.8 Å². The number of imidazole rings is 1. The number of fused-ring (bicyclic) bond motifs is 1. The molecule has 3 heterocycles. The maximum absolute atomic E-state index is 14.9. The predicted molar refractivity (Wildman–Crippen MR) is 133 cm³/mol. The Balaban J connectivity index is 1.52. The normalized spacial score (nSPS) is 16.2. The number of hydrogen-bond acceptors (Lipinski definition) is 5. The molecule has 5 rings (SSSR count). The molecule has 0 unspecified atom stereocenters. The summed E-state index contributed by atoms with van der Waals surface area (Å²) in [5.41, 5.74) is 2.17. The zero-order chi connectivity index (χ0) is 23.7. The maximum Gasteiger partial charge on any atom is 0.225 e. The van der Waals surface area contributed by atoms with Crippen LogP contribution in [0.1, 0.15) is 18.4 Å². The summed E-state index contributed by atoms with van der Waals surface area (Å²) in [7, 11) is 0. The van der Waals surface area contributed by atoms with Gasteiger partial charge in [0.1, 0.15) is 17.2 Å². The highest BCUT2D eigenvalue weighted by Gasteiger charge is 2.23. The average Bonchev–Trinajstić information content (AvgIpc) is 3.17. The Labute approximate surface area is 208 Å². The van der Waals surface area contributed by atoms with Crippen LogP contribution in [-0.4, -0.2) is 32.6 Å². The first kappa shape index (κ1) is 23.0. The standard InChI is InChI=1S/C24H22F3IN6/c25-16-7-6-14(9-18(16)27)11-30-24-31-12-20-22(33-24)34(13-15-3-2-8-29-10-15)23(32-20)21-17(26)4-1-5-19(21)28/h1,4-7,9,12,15,29H,2-3,8,10-11,13H2,(H,30,31,33)/t15-/m1/s1. The Kier molecular flexibility index (Phi) is 6.68. The lowest BCUT2D eigenvalue weighted by Crippen LogP contribution is -2.32. The zero-order valence-electron chi connectivity index (χ0n) is 18.2. The first-order valence-corrected chi connectivity index (χ1v) is 12.1. The lowest BCUT2D eigenvalue weighted by molar-refractivity contribution is 0.341. The smallest absolute Gasteiger partial charge is 0.225 e. The Bertz CT molecular complexity index is 1320. The van der Waals surface area contributed by atoms with Crippen LogP contribution >= 0.6 is 22.6 Å². The molecule has 0 radical (unpaired) electrons. The molecule has 2 aromatic heterocycles. The van der Waals surface area contributed by atoms with Crippen LogP contribution in [0.15, 0.2) is 42.6 Å². The van der Waals surface area contributed by atoms with Gasteiger partial charge >= 0.3 is 0 Å². The molecule has 1 saturated heterocycles. The number of halogens is 4. The molecule has 0 spiro atoms. The van der Waals surface area contributed by atoms with E-state index in [4.69, 9.17) is 4.98 Å². The lowest BCUT2D eigenvalue weighted by Gasteiger charge is -2.24. The summed E-state index contributed by atoms with van der Waals surface area (Å²) in [4.78, 5) is 13.7. The Morgan fingerprint density at radius 1 is 1.09 bits per heavy atom. The van der Waals surface area contributed by atoms with E-state index in [0.29, 0.717) is 46.5 Å². The highest BCUT2D eigenvalue weighted by molar-refractivity contribution is 14.1. The van der Waals surface area contributed by atoms with Crippen molar-refractivity contribution >= 4 is 39.7 Å². The van der Waals surface area contributed by atoms with Crippen LogP contribution in [0.4, 0.5) is 19.1 Å². The molecule has 2 N–H and O–H groups in total.